The van der Waals surface area contributed by atoms with Gasteiger partial charge < -0.3 is 19.1 Å². The maximum Gasteiger partial charge on any atom is 0.587 e. The predicted molar refractivity (Wildman–Crippen MR) is 31.8 cm³/mol. The van der Waals surface area contributed by atoms with Crippen LogP contribution in [0, 0.1) is 0 Å². The van der Waals surface area contributed by atoms with Crippen LogP contribution in [0.3, 0.4) is 0 Å². The molecule has 0 heterocycles. The third-order valence-corrected chi connectivity index (χ3v) is 2.38. The van der Waals surface area contributed by atoms with E-state index in [0.29, 0.717) is 0 Å². The van der Waals surface area contributed by atoms with Gasteiger partial charge in [0.05, 0.1) is 0 Å². The van der Waals surface area contributed by atoms with E-state index in [-0.39, 0.29) is 0 Å². The summed E-state index contributed by atoms with van der Waals surface area (Å²) in [6.07, 6.45) is 0. The maximum atomic E-state index is 10.7. The summed E-state index contributed by atoms with van der Waals surface area (Å²) in [5.74, 6) is 0. The molecule has 54 valence electrons. The summed E-state index contributed by atoms with van der Waals surface area (Å²) in [6, 6.07) is 0. The van der Waals surface area contributed by atoms with E-state index in [9.17, 15) is 4.57 Å². The Morgan fingerprint density at radius 3 is 1.67 bits per heavy atom. The lowest BCUT2D eigenvalue weighted by Gasteiger charge is -2.10. The van der Waals surface area contributed by atoms with Gasteiger partial charge in [0, 0.05) is 14.2 Å². The molecule has 0 aliphatic carbocycles. The summed E-state index contributed by atoms with van der Waals surface area (Å²) < 4.78 is 19.1. The molecule has 0 amide bonds. The first kappa shape index (κ1) is 9.13. The van der Waals surface area contributed by atoms with Crippen molar-refractivity contribution in [2.24, 2.45) is 0 Å². The van der Waals surface area contributed by atoms with Gasteiger partial charge in [-0.2, -0.15) is 0 Å². The lowest BCUT2D eigenvalue weighted by molar-refractivity contribution is 0.274. The maximum absolute atomic E-state index is 10.7. The van der Waals surface area contributed by atoms with Crippen LogP contribution < -0.4 is 0 Å². The largest absolute Gasteiger partial charge is 0.587 e. The molecule has 0 aliphatic heterocycles. The van der Waals surface area contributed by atoms with Crippen molar-refractivity contribution in [3.63, 3.8) is 0 Å². The molecule has 0 bridgehead atoms. The normalized spacial score (nSPS) is 11.6. The van der Waals surface area contributed by atoms with Gasteiger partial charge in [-0.05, 0) is 0 Å². The van der Waals surface area contributed by atoms with Crippen molar-refractivity contribution in [2.45, 2.75) is 0 Å². The molecule has 0 saturated carbocycles. The molecule has 0 rings (SSSR count). The SMILES string of the molecule is COP(=O)(OC)B(O)O. The van der Waals surface area contributed by atoms with Gasteiger partial charge in [0.2, 0.25) is 0 Å². The Labute approximate surface area is 53.2 Å². The average Bonchev–Trinajstić information content (AvgIpc) is 1.86. The van der Waals surface area contributed by atoms with Crippen LogP contribution >= 0.6 is 7.47 Å². The lowest BCUT2D eigenvalue weighted by atomic mass is 10.4. The zero-order valence-electron chi connectivity index (χ0n) is 5.14. The van der Waals surface area contributed by atoms with Crippen LogP contribution in [0.5, 0.6) is 0 Å². The second-order valence-electron chi connectivity index (χ2n) is 1.25. The fraction of sp³-hybridized carbons (Fsp3) is 1.00. The summed E-state index contributed by atoms with van der Waals surface area (Å²) in [5.41, 5.74) is 0. The van der Waals surface area contributed by atoms with E-state index in [1.54, 1.807) is 0 Å². The second kappa shape index (κ2) is 3.34. The molecule has 2 N–H and O–H groups in total. The molecular formula is C2H8BO5P. The van der Waals surface area contributed by atoms with Gasteiger partial charge in [0.15, 0.2) is 0 Å². The Morgan fingerprint density at radius 2 is 1.67 bits per heavy atom. The van der Waals surface area contributed by atoms with Crippen molar-refractivity contribution in [2.75, 3.05) is 14.2 Å². The smallest absolute Gasteiger partial charge is 0.418 e. The summed E-state index contributed by atoms with van der Waals surface area (Å²) in [7, 11) is -1.50. The van der Waals surface area contributed by atoms with Gasteiger partial charge in [0.25, 0.3) is 0 Å². The fourth-order valence-electron chi connectivity index (χ4n) is 0.263. The first-order valence-electron chi connectivity index (χ1n) is 2.14. The lowest BCUT2D eigenvalue weighted by Crippen LogP contribution is -2.14. The quantitative estimate of drug-likeness (QED) is 0.420. The van der Waals surface area contributed by atoms with Crippen LogP contribution in [0.1, 0.15) is 0 Å². The number of hydrogen-bond donors (Lipinski definition) is 2. The highest BCUT2D eigenvalue weighted by atomic mass is 31.2. The van der Waals surface area contributed by atoms with Crippen molar-refractivity contribution in [3.8, 4) is 0 Å². The Hall–Kier alpha value is 0.135. The highest BCUT2D eigenvalue weighted by Gasteiger charge is 2.37. The molecular weight excluding hydrogens is 146 g/mol. The summed E-state index contributed by atoms with van der Waals surface area (Å²) in [5, 5.41) is 16.6. The van der Waals surface area contributed by atoms with E-state index in [1.165, 1.54) is 0 Å². The first-order valence-corrected chi connectivity index (χ1v) is 3.75. The van der Waals surface area contributed by atoms with Crippen molar-refractivity contribution in [1.82, 2.24) is 0 Å². The van der Waals surface area contributed by atoms with E-state index in [2.05, 4.69) is 9.05 Å². The highest BCUT2D eigenvalue weighted by Crippen LogP contribution is 2.46. The molecule has 5 nitrogen and oxygen atoms in total. The molecule has 7 heteroatoms. The standard InChI is InChI=1S/C2H8BO5P/c1-7-9(6,8-2)3(4)5/h4-5H,1-2H3. The van der Waals surface area contributed by atoms with Crippen LogP contribution in [-0.2, 0) is 13.6 Å². The molecule has 0 aromatic heterocycles. The Balaban J connectivity index is 4.11. The average molecular weight is 154 g/mol. The highest BCUT2D eigenvalue weighted by molar-refractivity contribution is 7.85. The van der Waals surface area contributed by atoms with Crippen LogP contribution in [0.2, 0.25) is 0 Å². The summed E-state index contributed by atoms with van der Waals surface area (Å²) in [6.45, 7) is -2.06. The van der Waals surface area contributed by atoms with Gasteiger partial charge in [-0.25, -0.2) is 0 Å². The van der Waals surface area contributed by atoms with Gasteiger partial charge >= 0.3 is 14.3 Å². The number of rotatable bonds is 3. The fourth-order valence-corrected chi connectivity index (χ4v) is 0.789. The topological polar surface area (TPSA) is 76.0 Å². The molecule has 0 fully saturated rings. The molecule has 0 aromatic rings. The van der Waals surface area contributed by atoms with Crippen LogP contribution in [0.15, 0.2) is 0 Å². The second-order valence-corrected chi connectivity index (χ2v) is 3.52. The molecule has 0 atom stereocenters. The Morgan fingerprint density at radius 1 is 1.33 bits per heavy atom. The molecule has 0 aromatic carbocycles. The van der Waals surface area contributed by atoms with E-state index < -0.39 is 14.3 Å². The zero-order chi connectivity index (χ0) is 7.49. The van der Waals surface area contributed by atoms with Crippen molar-refractivity contribution < 1.29 is 23.7 Å². The van der Waals surface area contributed by atoms with Crippen molar-refractivity contribution >= 4 is 14.3 Å². The number of hydrogen-bond acceptors (Lipinski definition) is 5. The molecule has 0 saturated heterocycles. The molecule has 0 unspecified atom stereocenters. The third kappa shape index (κ3) is 2.08. The van der Waals surface area contributed by atoms with Gasteiger partial charge in [0.1, 0.15) is 0 Å². The summed E-state index contributed by atoms with van der Waals surface area (Å²) in [4.78, 5) is 0. The van der Waals surface area contributed by atoms with Crippen molar-refractivity contribution in [3.05, 3.63) is 0 Å². The van der Waals surface area contributed by atoms with E-state index in [1.807, 2.05) is 0 Å². The van der Waals surface area contributed by atoms with Gasteiger partial charge in [-0.3, -0.25) is 4.57 Å². The minimum Gasteiger partial charge on any atom is -0.418 e. The van der Waals surface area contributed by atoms with E-state index >= 15 is 0 Å². The minimum absolute atomic E-state index is 1.07. The van der Waals surface area contributed by atoms with E-state index in [0.717, 1.165) is 14.2 Å². The van der Waals surface area contributed by atoms with Crippen molar-refractivity contribution in [1.29, 1.82) is 0 Å². The van der Waals surface area contributed by atoms with Crippen LogP contribution in [0.4, 0.5) is 0 Å². The Bertz CT molecular complexity index is 116. The predicted octanol–water partition coefficient (Wildman–Crippen LogP) is -0.558. The molecule has 0 aliphatic rings. The molecule has 9 heavy (non-hydrogen) atoms. The van der Waals surface area contributed by atoms with Gasteiger partial charge in [-0.1, -0.05) is 0 Å². The van der Waals surface area contributed by atoms with Crippen LogP contribution in [0.25, 0.3) is 0 Å². The minimum atomic E-state index is -3.64. The molecule has 0 spiro atoms. The zero-order valence-corrected chi connectivity index (χ0v) is 6.04. The third-order valence-electron chi connectivity index (χ3n) is 0.792. The van der Waals surface area contributed by atoms with Crippen LogP contribution in [-0.4, -0.2) is 31.1 Å². The first-order chi connectivity index (χ1) is 4.06. The Kier molecular flexibility index (Phi) is 3.39. The van der Waals surface area contributed by atoms with Gasteiger partial charge in [-0.15, -0.1) is 0 Å². The summed E-state index contributed by atoms with van der Waals surface area (Å²) >= 11 is 0. The molecule has 0 radical (unpaired) electrons. The monoisotopic (exact) mass is 154 g/mol. The van der Waals surface area contributed by atoms with E-state index in [4.69, 9.17) is 10.0 Å².